The smallest absolute Gasteiger partial charge is 0.251 e. The van der Waals surface area contributed by atoms with Crippen LogP contribution in [-0.4, -0.2) is 53.1 Å². The van der Waals surface area contributed by atoms with Crippen LogP contribution in [0.2, 0.25) is 0 Å². The molecule has 0 radical (unpaired) electrons. The molecule has 9 nitrogen and oxygen atoms in total. The van der Waals surface area contributed by atoms with Gasteiger partial charge in [0.15, 0.2) is 11.5 Å². The van der Waals surface area contributed by atoms with Gasteiger partial charge in [-0.2, -0.15) is 4.52 Å². The second-order valence-electron chi connectivity index (χ2n) is 6.54. The average molecular weight is 419 g/mol. The zero-order valence-electron chi connectivity index (χ0n) is 17.1. The molecule has 0 bridgehead atoms. The van der Waals surface area contributed by atoms with E-state index in [1.54, 1.807) is 34.8 Å². The first-order chi connectivity index (χ1) is 15.2. The highest BCUT2D eigenvalue weighted by Crippen LogP contribution is 2.22. The molecule has 0 fully saturated rings. The lowest BCUT2D eigenvalue weighted by Crippen LogP contribution is -2.28. The Labute approximate surface area is 178 Å². The van der Waals surface area contributed by atoms with E-state index in [2.05, 4.69) is 20.6 Å². The summed E-state index contributed by atoms with van der Waals surface area (Å²) in [6, 6.07) is 18.2. The number of fused-ring (bicyclic) bond motifs is 1. The molecule has 4 rings (SSSR count). The van der Waals surface area contributed by atoms with Gasteiger partial charge in [-0.05, 0) is 18.2 Å². The van der Waals surface area contributed by atoms with Crippen LogP contribution < -0.4 is 19.5 Å². The number of benzene rings is 2. The fourth-order valence-corrected chi connectivity index (χ4v) is 2.98. The average Bonchev–Trinajstić information content (AvgIpc) is 3.25. The zero-order valence-corrected chi connectivity index (χ0v) is 17.1. The van der Waals surface area contributed by atoms with E-state index in [1.807, 2.05) is 30.3 Å². The van der Waals surface area contributed by atoms with E-state index in [9.17, 15) is 4.79 Å². The van der Waals surface area contributed by atoms with Crippen molar-refractivity contribution in [1.82, 2.24) is 25.1 Å². The Morgan fingerprint density at radius 3 is 2.42 bits per heavy atom. The molecular weight excluding hydrogens is 398 g/mol. The van der Waals surface area contributed by atoms with Crippen LogP contribution >= 0.6 is 0 Å². The van der Waals surface area contributed by atoms with Crippen molar-refractivity contribution in [3.63, 3.8) is 0 Å². The predicted molar refractivity (Wildman–Crippen MR) is 114 cm³/mol. The van der Waals surface area contributed by atoms with E-state index in [-0.39, 0.29) is 12.5 Å². The van der Waals surface area contributed by atoms with Gasteiger partial charge in [-0.3, -0.25) is 4.79 Å². The largest absolute Gasteiger partial charge is 0.497 e. The van der Waals surface area contributed by atoms with Gasteiger partial charge in [0.1, 0.15) is 18.1 Å². The zero-order chi connectivity index (χ0) is 21.6. The number of amides is 1. The van der Waals surface area contributed by atoms with Crippen molar-refractivity contribution in [2.45, 2.75) is 0 Å². The molecule has 0 aliphatic rings. The van der Waals surface area contributed by atoms with Crippen LogP contribution in [0.5, 0.6) is 17.4 Å². The van der Waals surface area contributed by atoms with Crippen molar-refractivity contribution < 1.29 is 19.0 Å². The predicted octanol–water partition coefficient (Wildman–Crippen LogP) is 2.62. The van der Waals surface area contributed by atoms with Crippen molar-refractivity contribution in [3.05, 3.63) is 66.2 Å². The fourth-order valence-electron chi connectivity index (χ4n) is 2.98. The fraction of sp³-hybridized carbons (Fsp3) is 0.182. The van der Waals surface area contributed by atoms with Crippen LogP contribution in [0.4, 0.5) is 0 Å². The normalized spacial score (nSPS) is 10.6. The van der Waals surface area contributed by atoms with Gasteiger partial charge in [0, 0.05) is 23.3 Å². The Morgan fingerprint density at radius 1 is 0.968 bits per heavy atom. The Morgan fingerprint density at radius 2 is 1.71 bits per heavy atom. The summed E-state index contributed by atoms with van der Waals surface area (Å²) < 4.78 is 17.7. The van der Waals surface area contributed by atoms with E-state index < -0.39 is 0 Å². The topological polar surface area (TPSA) is 99.9 Å². The lowest BCUT2D eigenvalue weighted by molar-refractivity contribution is 0.0945. The van der Waals surface area contributed by atoms with Gasteiger partial charge in [-0.1, -0.05) is 30.3 Å². The van der Waals surface area contributed by atoms with Crippen molar-refractivity contribution >= 4 is 11.6 Å². The third-order valence-corrected chi connectivity index (χ3v) is 4.52. The van der Waals surface area contributed by atoms with Gasteiger partial charge in [-0.15, -0.1) is 15.3 Å². The molecule has 1 amide bonds. The van der Waals surface area contributed by atoms with E-state index in [0.29, 0.717) is 41.0 Å². The lowest BCUT2D eigenvalue weighted by Gasteiger charge is -2.10. The summed E-state index contributed by atoms with van der Waals surface area (Å²) in [4.78, 5) is 12.4. The van der Waals surface area contributed by atoms with E-state index in [4.69, 9.17) is 14.2 Å². The third-order valence-electron chi connectivity index (χ3n) is 4.52. The van der Waals surface area contributed by atoms with Crippen LogP contribution in [0.25, 0.3) is 17.0 Å². The Bertz CT molecular complexity index is 1170. The molecule has 4 aromatic rings. The summed E-state index contributed by atoms with van der Waals surface area (Å²) in [6.07, 6.45) is 0. The molecule has 0 unspecified atom stereocenters. The van der Waals surface area contributed by atoms with Crippen LogP contribution in [0, 0.1) is 0 Å². The summed E-state index contributed by atoms with van der Waals surface area (Å²) >= 11 is 0. The van der Waals surface area contributed by atoms with Crippen LogP contribution in [-0.2, 0) is 0 Å². The van der Waals surface area contributed by atoms with Gasteiger partial charge < -0.3 is 19.5 Å². The summed E-state index contributed by atoms with van der Waals surface area (Å²) in [6.45, 7) is 0.542. The number of hydrogen-bond donors (Lipinski definition) is 1. The molecule has 0 aliphatic carbocycles. The number of ether oxygens (including phenoxy) is 3. The highest BCUT2D eigenvalue weighted by atomic mass is 16.5. The first-order valence-electron chi connectivity index (χ1n) is 9.60. The first-order valence-corrected chi connectivity index (χ1v) is 9.60. The van der Waals surface area contributed by atoms with Crippen LogP contribution in [0.15, 0.2) is 60.7 Å². The number of rotatable bonds is 8. The minimum atomic E-state index is -0.255. The number of methoxy groups -OCH3 is 2. The van der Waals surface area contributed by atoms with Crippen LogP contribution in [0.1, 0.15) is 10.4 Å². The van der Waals surface area contributed by atoms with Gasteiger partial charge in [0.05, 0.1) is 20.8 Å². The monoisotopic (exact) mass is 419 g/mol. The minimum Gasteiger partial charge on any atom is -0.497 e. The van der Waals surface area contributed by atoms with E-state index >= 15 is 0 Å². The van der Waals surface area contributed by atoms with Crippen molar-refractivity contribution in [3.8, 4) is 28.8 Å². The third kappa shape index (κ3) is 4.55. The van der Waals surface area contributed by atoms with E-state index in [1.165, 1.54) is 14.2 Å². The highest BCUT2D eigenvalue weighted by Gasteiger charge is 2.11. The Hall–Kier alpha value is -4.14. The number of nitrogens with zero attached hydrogens (tertiary/aromatic N) is 4. The molecule has 158 valence electrons. The van der Waals surface area contributed by atoms with Gasteiger partial charge in [0.2, 0.25) is 5.88 Å². The maximum absolute atomic E-state index is 12.4. The molecule has 2 heterocycles. The second-order valence-corrected chi connectivity index (χ2v) is 6.54. The minimum absolute atomic E-state index is 0.244. The number of hydrogen-bond acceptors (Lipinski definition) is 7. The molecule has 0 aliphatic heterocycles. The molecule has 9 heteroatoms. The van der Waals surface area contributed by atoms with Crippen molar-refractivity contribution in [1.29, 1.82) is 0 Å². The second kappa shape index (κ2) is 9.12. The molecule has 0 spiro atoms. The molecule has 2 aromatic heterocycles. The molecule has 0 atom stereocenters. The van der Waals surface area contributed by atoms with Crippen LogP contribution in [0.3, 0.4) is 0 Å². The SMILES string of the molecule is COc1cc(OC)cc(C(=O)NCCOc2ccc3nnc(-c4ccccc4)n3n2)c1. The number of carbonyl (C=O) groups is 1. The maximum Gasteiger partial charge on any atom is 0.251 e. The number of carbonyl (C=O) groups excluding carboxylic acids is 1. The molecule has 1 N–H and O–H groups in total. The highest BCUT2D eigenvalue weighted by molar-refractivity contribution is 5.95. The lowest BCUT2D eigenvalue weighted by atomic mass is 10.2. The molecule has 31 heavy (non-hydrogen) atoms. The Kier molecular flexibility index (Phi) is 5.93. The molecule has 0 saturated carbocycles. The summed E-state index contributed by atoms with van der Waals surface area (Å²) in [5.74, 6) is 1.86. The summed E-state index contributed by atoms with van der Waals surface area (Å²) in [5.41, 5.74) is 1.96. The molecule has 2 aromatic carbocycles. The summed E-state index contributed by atoms with van der Waals surface area (Å²) in [5, 5.41) is 15.6. The first kappa shape index (κ1) is 20.1. The Balaban J connectivity index is 1.38. The standard InChI is InChI=1S/C22H21N5O4/c1-29-17-12-16(13-18(14-17)30-2)22(28)23-10-11-31-20-9-8-19-24-25-21(27(19)26-20)15-6-4-3-5-7-15/h3-9,12-14H,10-11H2,1-2H3,(H,23,28). The molecule has 0 saturated heterocycles. The van der Waals surface area contributed by atoms with Gasteiger partial charge in [-0.25, -0.2) is 0 Å². The van der Waals surface area contributed by atoms with E-state index in [0.717, 1.165) is 5.56 Å². The number of aromatic nitrogens is 4. The molecular formula is C22H21N5O4. The van der Waals surface area contributed by atoms with Crippen molar-refractivity contribution in [2.24, 2.45) is 0 Å². The van der Waals surface area contributed by atoms with Gasteiger partial charge >= 0.3 is 0 Å². The summed E-state index contributed by atoms with van der Waals surface area (Å²) in [7, 11) is 3.07. The van der Waals surface area contributed by atoms with Crippen molar-refractivity contribution in [2.75, 3.05) is 27.4 Å². The van der Waals surface area contributed by atoms with Gasteiger partial charge in [0.25, 0.3) is 5.91 Å². The number of nitrogens with one attached hydrogen (secondary N) is 1. The maximum atomic E-state index is 12.4. The quantitative estimate of drug-likeness (QED) is 0.438.